The van der Waals surface area contributed by atoms with Crippen LogP contribution in [0.15, 0.2) is 12.1 Å². The summed E-state index contributed by atoms with van der Waals surface area (Å²) in [5.74, 6) is -0.952. The molecule has 2 rings (SSSR count). The van der Waals surface area contributed by atoms with E-state index >= 15 is 0 Å². The van der Waals surface area contributed by atoms with Gasteiger partial charge < -0.3 is 15.5 Å². The van der Waals surface area contributed by atoms with Crippen molar-refractivity contribution in [3.05, 3.63) is 23.3 Å². The summed E-state index contributed by atoms with van der Waals surface area (Å²) < 4.78 is 0. The van der Waals surface area contributed by atoms with Gasteiger partial charge in [0.05, 0.1) is 5.56 Å². The van der Waals surface area contributed by atoms with Crippen molar-refractivity contribution in [2.24, 2.45) is 0 Å². The van der Waals surface area contributed by atoms with E-state index in [4.69, 9.17) is 5.11 Å². The first-order valence-corrected chi connectivity index (χ1v) is 4.01. The van der Waals surface area contributed by atoms with Gasteiger partial charge in [0.1, 0.15) is 5.75 Å². The SMILES string of the molecule is O=C(O)c1cc(O)c2c(c1)NCC2. The fourth-order valence-corrected chi connectivity index (χ4v) is 1.52. The Labute approximate surface area is 74.8 Å². The molecular weight excluding hydrogens is 170 g/mol. The van der Waals surface area contributed by atoms with Crippen molar-refractivity contribution in [2.75, 3.05) is 11.9 Å². The molecule has 68 valence electrons. The first-order valence-electron chi connectivity index (χ1n) is 4.01. The van der Waals surface area contributed by atoms with Crippen molar-refractivity contribution in [3.8, 4) is 5.75 Å². The van der Waals surface area contributed by atoms with E-state index in [1.54, 1.807) is 6.07 Å². The van der Waals surface area contributed by atoms with Gasteiger partial charge in [-0.1, -0.05) is 0 Å². The lowest BCUT2D eigenvalue weighted by molar-refractivity contribution is 0.0696. The van der Waals surface area contributed by atoms with Crippen LogP contribution in [0, 0.1) is 0 Å². The number of carbonyl (C=O) groups is 1. The minimum absolute atomic E-state index is 0.0694. The van der Waals surface area contributed by atoms with Gasteiger partial charge in [-0.3, -0.25) is 0 Å². The minimum atomic E-state index is -1.02. The quantitative estimate of drug-likeness (QED) is 0.602. The first-order chi connectivity index (χ1) is 6.18. The van der Waals surface area contributed by atoms with Crippen LogP contribution in [0.25, 0.3) is 0 Å². The van der Waals surface area contributed by atoms with Crippen LogP contribution in [0.4, 0.5) is 5.69 Å². The monoisotopic (exact) mass is 179 g/mol. The Balaban J connectivity index is 2.55. The van der Waals surface area contributed by atoms with Crippen LogP contribution in [-0.2, 0) is 6.42 Å². The summed E-state index contributed by atoms with van der Waals surface area (Å²) >= 11 is 0. The largest absolute Gasteiger partial charge is 0.508 e. The zero-order valence-electron chi connectivity index (χ0n) is 6.87. The molecule has 0 aliphatic carbocycles. The van der Waals surface area contributed by atoms with Crippen LogP contribution in [-0.4, -0.2) is 22.7 Å². The molecule has 0 amide bonds. The van der Waals surface area contributed by atoms with Gasteiger partial charge in [0.25, 0.3) is 0 Å². The third kappa shape index (κ3) is 1.20. The van der Waals surface area contributed by atoms with Crippen molar-refractivity contribution < 1.29 is 15.0 Å². The lowest BCUT2D eigenvalue weighted by Crippen LogP contribution is -1.97. The number of aromatic carboxylic acids is 1. The molecule has 0 saturated heterocycles. The molecule has 1 heterocycles. The molecular formula is C9H9NO3. The number of rotatable bonds is 1. The molecule has 13 heavy (non-hydrogen) atoms. The summed E-state index contributed by atoms with van der Waals surface area (Å²) in [6.45, 7) is 0.756. The maximum Gasteiger partial charge on any atom is 0.335 e. The molecule has 1 aromatic rings. The zero-order valence-corrected chi connectivity index (χ0v) is 6.87. The van der Waals surface area contributed by atoms with E-state index in [0.29, 0.717) is 0 Å². The van der Waals surface area contributed by atoms with Crippen LogP contribution in [0.2, 0.25) is 0 Å². The van der Waals surface area contributed by atoms with E-state index < -0.39 is 5.97 Å². The van der Waals surface area contributed by atoms with Crippen molar-refractivity contribution in [3.63, 3.8) is 0 Å². The molecule has 0 spiro atoms. The Morgan fingerprint density at radius 2 is 2.23 bits per heavy atom. The molecule has 4 nitrogen and oxygen atoms in total. The number of carboxylic acids is 1. The summed E-state index contributed by atoms with van der Waals surface area (Å²) in [5.41, 5.74) is 1.66. The number of benzene rings is 1. The zero-order chi connectivity index (χ0) is 9.42. The van der Waals surface area contributed by atoms with Gasteiger partial charge in [0.15, 0.2) is 0 Å². The maximum atomic E-state index is 10.6. The standard InChI is InChI=1S/C9H9NO3/c11-8-4-5(9(12)13)3-7-6(8)1-2-10-7/h3-4,10-11H,1-2H2,(H,12,13). The van der Waals surface area contributed by atoms with Crippen molar-refractivity contribution in [1.82, 2.24) is 0 Å². The number of fused-ring (bicyclic) bond motifs is 1. The summed E-state index contributed by atoms with van der Waals surface area (Å²) in [6.07, 6.45) is 0.751. The number of hydrogen-bond donors (Lipinski definition) is 3. The molecule has 0 bridgehead atoms. The highest BCUT2D eigenvalue weighted by atomic mass is 16.4. The lowest BCUT2D eigenvalue weighted by Gasteiger charge is -2.03. The molecule has 1 aliphatic heterocycles. The van der Waals surface area contributed by atoms with Gasteiger partial charge >= 0.3 is 5.97 Å². The molecule has 0 radical (unpaired) electrons. The Morgan fingerprint density at radius 1 is 1.46 bits per heavy atom. The van der Waals surface area contributed by atoms with E-state index in [1.807, 2.05) is 0 Å². The number of nitrogens with one attached hydrogen (secondary N) is 1. The van der Waals surface area contributed by atoms with Crippen LogP contribution in [0.1, 0.15) is 15.9 Å². The van der Waals surface area contributed by atoms with E-state index in [2.05, 4.69) is 5.32 Å². The summed E-state index contributed by atoms with van der Waals surface area (Å²) in [6, 6.07) is 2.83. The first kappa shape index (κ1) is 7.91. The Morgan fingerprint density at radius 3 is 2.92 bits per heavy atom. The van der Waals surface area contributed by atoms with Gasteiger partial charge in [0, 0.05) is 17.8 Å². The number of phenolic OH excluding ortho intramolecular Hbond substituents is 1. The minimum Gasteiger partial charge on any atom is -0.508 e. The van der Waals surface area contributed by atoms with Gasteiger partial charge in [-0.25, -0.2) is 4.79 Å². The van der Waals surface area contributed by atoms with E-state index in [0.717, 1.165) is 24.2 Å². The second-order valence-corrected chi connectivity index (χ2v) is 3.00. The Kier molecular flexibility index (Phi) is 1.62. The van der Waals surface area contributed by atoms with Crippen LogP contribution < -0.4 is 5.32 Å². The molecule has 4 heteroatoms. The van der Waals surface area contributed by atoms with Gasteiger partial charge in [-0.15, -0.1) is 0 Å². The second-order valence-electron chi connectivity index (χ2n) is 3.00. The molecule has 0 unspecified atom stereocenters. The highest BCUT2D eigenvalue weighted by Crippen LogP contribution is 2.31. The smallest absolute Gasteiger partial charge is 0.335 e. The molecule has 0 saturated carbocycles. The molecule has 0 aromatic heterocycles. The summed E-state index contributed by atoms with van der Waals surface area (Å²) in [7, 11) is 0. The highest BCUT2D eigenvalue weighted by Gasteiger charge is 2.17. The average molecular weight is 179 g/mol. The number of anilines is 1. The summed E-state index contributed by atoms with van der Waals surface area (Å²) in [5, 5.41) is 21.2. The van der Waals surface area contributed by atoms with Gasteiger partial charge in [0.2, 0.25) is 0 Å². The average Bonchev–Trinajstić information content (AvgIpc) is 2.51. The van der Waals surface area contributed by atoms with Crippen molar-refractivity contribution in [1.29, 1.82) is 0 Å². The molecule has 0 fully saturated rings. The number of aromatic hydroxyl groups is 1. The molecule has 3 N–H and O–H groups in total. The van der Waals surface area contributed by atoms with Crippen molar-refractivity contribution >= 4 is 11.7 Å². The number of phenols is 1. The van der Waals surface area contributed by atoms with E-state index in [9.17, 15) is 9.90 Å². The predicted molar refractivity (Wildman–Crippen MR) is 47.3 cm³/mol. The third-order valence-electron chi connectivity index (χ3n) is 2.16. The van der Waals surface area contributed by atoms with Gasteiger partial charge in [-0.05, 0) is 18.6 Å². The predicted octanol–water partition coefficient (Wildman–Crippen LogP) is 1.06. The number of carboxylic acid groups (broad SMARTS) is 1. The second kappa shape index (κ2) is 2.65. The van der Waals surface area contributed by atoms with Crippen LogP contribution in [0.5, 0.6) is 5.75 Å². The lowest BCUT2D eigenvalue weighted by atomic mass is 10.1. The van der Waals surface area contributed by atoms with E-state index in [1.165, 1.54) is 6.07 Å². The molecule has 0 atom stereocenters. The Hall–Kier alpha value is -1.71. The molecule has 1 aromatic carbocycles. The van der Waals surface area contributed by atoms with Crippen molar-refractivity contribution in [2.45, 2.75) is 6.42 Å². The molecule has 1 aliphatic rings. The summed E-state index contributed by atoms with van der Waals surface area (Å²) in [4.78, 5) is 10.6. The number of hydrogen-bond acceptors (Lipinski definition) is 3. The fraction of sp³-hybridized carbons (Fsp3) is 0.222. The normalized spacial score (nSPS) is 13.5. The van der Waals surface area contributed by atoms with Gasteiger partial charge in [-0.2, -0.15) is 0 Å². The Bertz CT molecular complexity index is 373. The van der Waals surface area contributed by atoms with Crippen LogP contribution in [0.3, 0.4) is 0 Å². The topological polar surface area (TPSA) is 69.6 Å². The third-order valence-corrected chi connectivity index (χ3v) is 2.16. The highest BCUT2D eigenvalue weighted by molar-refractivity contribution is 5.90. The van der Waals surface area contributed by atoms with E-state index in [-0.39, 0.29) is 11.3 Å². The fourth-order valence-electron chi connectivity index (χ4n) is 1.52. The van der Waals surface area contributed by atoms with Crippen LogP contribution >= 0.6 is 0 Å². The maximum absolute atomic E-state index is 10.6.